The lowest BCUT2D eigenvalue weighted by atomic mass is 10.0. The monoisotopic (exact) mass is 834 g/mol. The van der Waals surface area contributed by atoms with E-state index in [1.165, 1.54) is 13.1 Å². The summed E-state index contributed by atoms with van der Waals surface area (Å²) in [5.41, 5.74) is 6.48. The van der Waals surface area contributed by atoms with E-state index in [4.69, 9.17) is 15.9 Å². The SMILES string of the molecule is C[C@H](N)C(=O)NCC(=O)N[C@@H](CCC(=O)O)C(=O)N[C@@H](CC(=O)O)C(=O)N[C@@H](CCC(=O)O)C(=O)N[C@@H](Cc1c[nH]c2ccccc12)C(=O)N[C@@H](CCC(=O)O)C(=O)O. The maximum atomic E-state index is 13.8. The van der Waals surface area contributed by atoms with E-state index in [-0.39, 0.29) is 6.42 Å². The van der Waals surface area contributed by atoms with Crippen molar-refractivity contribution in [3.8, 4) is 0 Å². The Labute approximate surface area is 334 Å². The van der Waals surface area contributed by atoms with Crippen LogP contribution in [0.15, 0.2) is 30.5 Å². The third-order valence-electron chi connectivity index (χ3n) is 8.42. The zero-order valence-electron chi connectivity index (χ0n) is 31.5. The van der Waals surface area contributed by atoms with Crippen LogP contribution in [0.4, 0.5) is 0 Å². The summed E-state index contributed by atoms with van der Waals surface area (Å²) in [5.74, 6) is -14.1. The number of nitrogens with one attached hydrogen (secondary N) is 7. The number of H-pyrrole nitrogens is 1. The van der Waals surface area contributed by atoms with Gasteiger partial charge in [0.1, 0.15) is 30.2 Å². The molecule has 1 heterocycles. The molecular formula is C35H46N8O16. The number of carbonyl (C=O) groups excluding carboxylic acids is 6. The molecule has 0 aliphatic heterocycles. The lowest BCUT2D eigenvalue weighted by molar-refractivity contribution is -0.143. The highest BCUT2D eigenvalue weighted by molar-refractivity contribution is 5.98. The van der Waals surface area contributed by atoms with Gasteiger partial charge >= 0.3 is 29.8 Å². The molecule has 0 aliphatic rings. The minimum Gasteiger partial charge on any atom is -0.481 e. The second-order valence-electron chi connectivity index (χ2n) is 13.2. The molecule has 59 heavy (non-hydrogen) atoms. The standard InChI is InChI=1S/C35H46N8O16/c1-16(36)30(53)38-15-25(44)39-20(6-9-26(45)46)31(54)43-24(13-29(51)52)34(57)40-21(7-10-27(47)48)32(55)42-23(12-17-14-37-19-5-3-2-4-18(17)19)33(56)41-22(35(58)59)8-11-28(49)50/h2-5,14,16,20-24,37H,6-13,15,36H2,1H3,(H,38,53)(H,39,44)(H,40,57)(H,41,56)(H,42,55)(H,43,54)(H,45,46)(H,47,48)(H,49,50)(H,51,52)(H,58,59)/t16-,20-,21-,22-,23-,24-/m0/s1. The fourth-order valence-corrected chi connectivity index (χ4v) is 5.38. The number of nitrogens with two attached hydrogens (primary N) is 1. The number of rotatable bonds is 26. The van der Waals surface area contributed by atoms with Crippen LogP contribution in [0.1, 0.15) is 57.4 Å². The zero-order chi connectivity index (χ0) is 44.4. The van der Waals surface area contributed by atoms with Gasteiger partial charge in [-0.25, -0.2) is 4.79 Å². The van der Waals surface area contributed by atoms with Crippen molar-refractivity contribution in [3.05, 3.63) is 36.0 Å². The van der Waals surface area contributed by atoms with Gasteiger partial charge in [0.05, 0.1) is 19.0 Å². The summed E-state index contributed by atoms with van der Waals surface area (Å²) in [6.45, 7) is 0.624. The minimum atomic E-state index is -2.03. The summed E-state index contributed by atoms with van der Waals surface area (Å²) in [6, 6.07) is -3.17. The van der Waals surface area contributed by atoms with Crippen molar-refractivity contribution >= 4 is 76.2 Å². The predicted molar refractivity (Wildman–Crippen MR) is 199 cm³/mol. The number of carboxylic acids is 5. The Morgan fingerprint density at radius 2 is 1.05 bits per heavy atom. The van der Waals surface area contributed by atoms with Crippen LogP contribution in [-0.4, -0.2) is 139 Å². The molecule has 14 N–H and O–H groups in total. The van der Waals surface area contributed by atoms with Gasteiger partial charge in [-0.05, 0) is 37.8 Å². The number of fused-ring (bicyclic) bond motifs is 1. The third kappa shape index (κ3) is 16.9. The molecule has 2 rings (SSSR count). The van der Waals surface area contributed by atoms with Crippen LogP contribution in [0, 0.1) is 0 Å². The van der Waals surface area contributed by atoms with Gasteiger partial charge in [-0.2, -0.15) is 0 Å². The van der Waals surface area contributed by atoms with E-state index in [0.717, 1.165) is 0 Å². The lowest BCUT2D eigenvalue weighted by Gasteiger charge is -2.26. The molecule has 0 unspecified atom stereocenters. The van der Waals surface area contributed by atoms with Crippen molar-refractivity contribution in [2.24, 2.45) is 5.73 Å². The second-order valence-corrected chi connectivity index (χ2v) is 13.2. The Hall–Kier alpha value is -7.11. The van der Waals surface area contributed by atoms with Crippen molar-refractivity contribution in [3.63, 3.8) is 0 Å². The Bertz CT molecular complexity index is 1910. The largest absolute Gasteiger partial charge is 0.481 e. The van der Waals surface area contributed by atoms with Gasteiger partial charge in [-0.3, -0.25) is 47.9 Å². The van der Waals surface area contributed by atoms with Crippen molar-refractivity contribution < 1.29 is 78.3 Å². The second kappa shape index (κ2) is 23.2. The number of carbonyl (C=O) groups is 11. The number of para-hydroxylation sites is 1. The number of hydrogen-bond donors (Lipinski definition) is 13. The van der Waals surface area contributed by atoms with Crippen LogP contribution in [0.25, 0.3) is 10.9 Å². The molecule has 6 amide bonds. The van der Waals surface area contributed by atoms with Crippen LogP contribution < -0.4 is 37.6 Å². The molecule has 0 fully saturated rings. The Morgan fingerprint density at radius 3 is 1.58 bits per heavy atom. The van der Waals surface area contributed by atoms with Crippen LogP contribution in [-0.2, 0) is 59.2 Å². The van der Waals surface area contributed by atoms with Crippen LogP contribution >= 0.6 is 0 Å². The zero-order valence-corrected chi connectivity index (χ0v) is 31.5. The van der Waals surface area contributed by atoms with E-state index >= 15 is 0 Å². The Balaban J connectivity index is 2.41. The van der Waals surface area contributed by atoms with E-state index in [1.54, 1.807) is 24.3 Å². The maximum absolute atomic E-state index is 13.8. The van der Waals surface area contributed by atoms with Gasteiger partial charge in [0.25, 0.3) is 0 Å². The van der Waals surface area contributed by atoms with Gasteiger partial charge in [0.15, 0.2) is 0 Å². The summed E-state index contributed by atoms with van der Waals surface area (Å²) < 4.78 is 0. The summed E-state index contributed by atoms with van der Waals surface area (Å²) in [6.07, 6.45) is -3.85. The first-order chi connectivity index (χ1) is 27.7. The Kier molecular flexibility index (Phi) is 18.9. The molecule has 0 saturated carbocycles. The predicted octanol–water partition coefficient (Wildman–Crippen LogP) is -3.25. The van der Waals surface area contributed by atoms with E-state index in [0.29, 0.717) is 16.5 Å². The van der Waals surface area contributed by atoms with Gasteiger partial charge in [0, 0.05) is 42.8 Å². The molecule has 6 atom stereocenters. The molecule has 0 bridgehead atoms. The number of aromatic nitrogens is 1. The summed E-state index contributed by atoms with van der Waals surface area (Å²) in [4.78, 5) is 139. The van der Waals surface area contributed by atoms with Crippen molar-refractivity contribution in [1.82, 2.24) is 36.9 Å². The number of aliphatic carboxylic acids is 5. The number of aromatic amines is 1. The molecule has 0 aliphatic carbocycles. The quantitative estimate of drug-likeness (QED) is 0.0443. The molecule has 0 saturated heterocycles. The number of amides is 6. The molecular weight excluding hydrogens is 788 g/mol. The molecule has 24 heteroatoms. The van der Waals surface area contributed by atoms with Gasteiger partial charge in [0.2, 0.25) is 35.4 Å². The average molecular weight is 835 g/mol. The molecule has 2 aromatic rings. The first-order valence-electron chi connectivity index (χ1n) is 17.9. The highest BCUT2D eigenvalue weighted by Crippen LogP contribution is 2.19. The highest BCUT2D eigenvalue weighted by Gasteiger charge is 2.34. The smallest absolute Gasteiger partial charge is 0.326 e. The van der Waals surface area contributed by atoms with E-state index < -0.39 is 153 Å². The molecule has 24 nitrogen and oxygen atoms in total. The molecule has 1 aromatic heterocycles. The first-order valence-corrected chi connectivity index (χ1v) is 17.9. The summed E-state index contributed by atoms with van der Waals surface area (Å²) >= 11 is 0. The van der Waals surface area contributed by atoms with E-state index in [1.807, 2.05) is 0 Å². The normalized spacial score (nSPS) is 13.9. The van der Waals surface area contributed by atoms with Crippen LogP contribution in [0.2, 0.25) is 0 Å². The Morgan fingerprint density at radius 1 is 0.593 bits per heavy atom. The van der Waals surface area contributed by atoms with Gasteiger partial charge < -0.3 is 68.2 Å². The highest BCUT2D eigenvalue weighted by atomic mass is 16.4. The van der Waals surface area contributed by atoms with Crippen molar-refractivity contribution in [2.75, 3.05) is 6.54 Å². The average Bonchev–Trinajstić information content (AvgIpc) is 3.56. The third-order valence-corrected chi connectivity index (χ3v) is 8.42. The van der Waals surface area contributed by atoms with Crippen LogP contribution in [0.5, 0.6) is 0 Å². The number of benzene rings is 1. The topological polar surface area (TPSA) is 403 Å². The van der Waals surface area contributed by atoms with Crippen molar-refractivity contribution in [2.45, 2.75) is 94.5 Å². The molecule has 0 spiro atoms. The lowest BCUT2D eigenvalue weighted by Crippen LogP contribution is -2.59. The van der Waals surface area contributed by atoms with Gasteiger partial charge in [-0.1, -0.05) is 18.2 Å². The first kappa shape index (κ1) is 48.0. The number of carboxylic acid groups (broad SMARTS) is 5. The molecule has 0 radical (unpaired) electrons. The minimum absolute atomic E-state index is 0.317. The van der Waals surface area contributed by atoms with Gasteiger partial charge in [-0.15, -0.1) is 0 Å². The summed E-state index contributed by atoms with van der Waals surface area (Å²) in [5, 5.41) is 60.4. The summed E-state index contributed by atoms with van der Waals surface area (Å²) in [7, 11) is 0. The van der Waals surface area contributed by atoms with E-state index in [9.17, 15) is 68.1 Å². The fourth-order valence-electron chi connectivity index (χ4n) is 5.38. The fraction of sp³-hybridized carbons (Fsp3) is 0.457. The van der Waals surface area contributed by atoms with Crippen molar-refractivity contribution in [1.29, 1.82) is 0 Å². The maximum Gasteiger partial charge on any atom is 0.326 e. The van der Waals surface area contributed by atoms with E-state index in [2.05, 4.69) is 36.9 Å². The number of hydrogen-bond acceptors (Lipinski definition) is 12. The molecule has 322 valence electrons. The van der Waals surface area contributed by atoms with Crippen LogP contribution in [0.3, 0.4) is 0 Å². The molecule has 1 aromatic carbocycles.